The van der Waals surface area contributed by atoms with Crippen LogP contribution < -0.4 is 0 Å². The molecule has 16 heavy (non-hydrogen) atoms. The predicted molar refractivity (Wildman–Crippen MR) is 58.3 cm³/mol. The van der Waals surface area contributed by atoms with E-state index in [-0.39, 0.29) is 5.75 Å². The molecule has 0 amide bonds. The molecule has 0 atom stereocenters. The average molecular weight is 212 g/mol. The van der Waals surface area contributed by atoms with E-state index in [0.717, 1.165) is 0 Å². The summed E-state index contributed by atoms with van der Waals surface area (Å²) < 4.78 is 1.52. The molecule has 0 spiro atoms. The Hall–Kier alpha value is -2.43. The van der Waals surface area contributed by atoms with Crippen LogP contribution in [0.1, 0.15) is 0 Å². The largest absolute Gasteiger partial charge is 0.506 e. The summed E-state index contributed by atoms with van der Waals surface area (Å²) in [6.07, 6.45) is 1.67. The summed E-state index contributed by atoms with van der Waals surface area (Å²) in [5.41, 5.74) is 1.90. The Kier molecular flexibility index (Phi) is 1.83. The van der Waals surface area contributed by atoms with Crippen molar-refractivity contribution in [3.8, 4) is 11.4 Å². The van der Waals surface area contributed by atoms with Gasteiger partial charge < -0.3 is 5.11 Å². The number of nitrogens with zero attached hydrogens (tertiary/aromatic N) is 4. The SMILES string of the molecule is Oc1ccccc1-n1nnc2cccnc21. The molecule has 0 aliphatic carbocycles. The monoisotopic (exact) mass is 212 g/mol. The molecule has 2 heterocycles. The lowest BCUT2D eigenvalue weighted by Gasteiger charge is -2.02. The fourth-order valence-corrected chi connectivity index (χ4v) is 1.57. The van der Waals surface area contributed by atoms with Gasteiger partial charge in [-0.05, 0) is 24.3 Å². The van der Waals surface area contributed by atoms with E-state index in [0.29, 0.717) is 16.9 Å². The lowest BCUT2D eigenvalue weighted by Crippen LogP contribution is -1.97. The number of phenolic OH excluding ortho intramolecular Hbond substituents is 1. The van der Waals surface area contributed by atoms with E-state index < -0.39 is 0 Å². The Morgan fingerprint density at radius 1 is 1.06 bits per heavy atom. The van der Waals surface area contributed by atoms with Gasteiger partial charge in [0.25, 0.3) is 0 Å². The number of aromatic nitrogens is 4. The van der Waals surface area contributed by atoms with Crippen LogP contribution in [0.3, 0.4) is 0 Å². The Bertz CT molecular complexity index is 647. The third-order valence-corrected chi connectivity index (χ3v) is 2.32. The van der Waals surface area contributed by atoms with Crippen LogP contribution in [-0.4, -0.2) is 25.1 Å². The molecule has 5 nitrogen and oxygen atoms in total. The molecule has 5 heteroatoms. The van der Waals surface area contributed by atoms with Crippen molar-refractivity contribution in [2.45, 2.75) is 0 Å². The Labute approximate surface area is 91.0 Å². The van der Waals surface area contributed by atoms with Gasteiger partial charge in [0, 0.05) is 6.20 Å². The highest BCUT2D eigenvalue weighted by molar-refractivity contribution is 5.71. The predicted octanol–water partition coefficient (Wildman–Crippen LogP) is 1.52. The van der Waals surface area contributed by atoms with Crippen LogP contribution in [0.15, 0.2) is 42.6 Å². The summed E-state index contributed by atoms with van der Waals surface area (Å²) in [5, 5.41) is 17.7. The highest BCUT2D eigenvalue weighted by Crippen LogP contribution is 2.22. The second-order valence-corrected chi connectivity index (χ2v) is 3.34. The lowest BCUT2D eigenvalue weighted by atomic mass is 10.3. The van der Waals surface area contributed by atoms with Crippen molar-refractivity contribution in [3.05, 3.63) is 42.6 Å². The van der Waals surface area contributed by atoms with E-state index in [1.165, 1.54) is 4.68 Å². The minimum absolute atomic E-state index is 0.153. The molecule has 2 aromatic heterocycles. The normalized spacial score (nSPS) is 10.8. The van der Waals surface area contributed by atoms with E-state index in [2.05, 4.69) is 15.3 Å². The van der Waals surface area contributed by atoms with Crippen LogP contribution in [-0.2, 0) is 0 Å². The molecular weight excluding hydrogens is 204 g/mol. The van der Waals surface area contributed by atoms with Crippen molar-refractivity contribution in [2.24, 2.45) is 0 Å². The maximum Gasteiger partial charge on any atom is 0.183 e. The van der Waals surface area contributed by atoms with Crippen molar-refractivity contribution in [1.29, 1.82) is 0 Å². The van der Waals surface area contributed by atoms with E-state index in [9.17, 15) is 5.11 Å². The van der Waals surface area contributed by atoms with Gasteiger partial charge in [-0.1, -0.05) is 17.3 Å². The molecule has 0 unspecified atom stereocenters. The van der Waals surface area contributed by atoms with E-state index in [1.54, 1.807) is 30.5 Å². The number of rotatable bonds is 1. The number of hydrogen-bond acceptors (Lipinski definition) is 4. The number of benzene rings is 1. The van der Waals surface area contributed by atoms with Crippen LogP contribution in [0.5, 0.6) is 5.75 Å². The van der Waals surface area contributed by atoms with Gasteiger partial charge in [0.1, 0.15) is 17.0 Å². The maximum atomic E-state index is 9.73. The second-order valence-electron chi connectivity index (χ2n) is 3.34. The van der Waals surface area contributed by atoms with Gasteiger partial charge in [0.05, 0.1) is 0 Å². The highest BCUT2D eigenvalue weighted by atomic mass is 16.3. The van der Waals surface area contributed by atoms with Gasteiger partial charge in [0.15, 0.2) is 5.65 Å². The number of pyridine rings is 1. The van der Waals surface area contributed by atoms with E-state index in [1.807, 2.05) is 12.1 Å². The third-order valence-electron chi connectivity index (χ3n) is 2.32. The zero-order chi connectivity index (χ0) is 11.0. The summed E-state index contributed by atoms with van der Waals surface area (Å²) in [5.74, 6) is 0.153. The minimum Gasteiger partial charge on any atom is -0.506 e. The first kappa shape index (κ1) is 8.84. The molecular formula is C11H8N4O. The fraction of sp³-hybridized carbons (Fsp3) is 0. The molecule has 3 aromatic rings. The first-order valence-corrected chi connectivity index (χ1v) is 4.81. The quantitative estimate of drug-likeness (QED) is 0.664. The summed E-state index contributed by atoms with van der Waals surface area (Å²) >= 11 is 0. The van der Waals surface area contributed by atoms with Gasteiger partial charge in [0.2, 0.25) is 0 Å². The number of aromatic hydroxyl groups is 1. The molecule has 78 valence electrons. The van der Waals surface area contributed by atoms with Crippen LogP contribution in [0, 0.1) is 0 Å². The molecule has 0 aliphatic rings. The average Bonchev–Trinajstić information content (AvgIpc) is 2.74. The third kappa shape index (κ3) is 1.22. The highest BCUT2D eigenvalue weighted by Gasteiger charge is 2.09. The van der Waals surface area contributed by atoms with Crippen LogP contribution in [0.4, 0.5) is 0 Å². The maximum absolute atomic E-state index is 9.73. The molecule has 1 aromatic carbocycles. The Balaban J connectivity index is 2.31. The lowest BCUT2D eigenvalue weighted by molar-refractivity contribution is 0.470. The minimum atomic E-state index is 0.153. The Morgan fingerprint density at radius 3 is 2.81 bits per heavy atom. The number of fused-ring (bicyclic) bond motifs is 1. The number of para-hydroxylation sites is 2. The molecule has 0 saturated carbocycles. The van der Waals surface area contributed by atoms with Crippen LogP contribution in [0.2, 0.25) is 0 Å². The molecule has 0 saturated heterocycles. The first-order chi connectivity index (χ1) is 7.86. The van der Waals surface area contributed by atoms with Gasteiger partial charge in [-0.3, -0.25) is 0 Å². The molecule has 0 radical (unpaired) electrons. The topological polar surface area (TPSA) is 63.8 Å². The molecule has 0 bridgehead atoms. The standard InChI is InChI=1S/C11H8N4O/c16-10-6-2-1-5-9(10)15-11-8(13-14-15)4-3-7-12-11/h1-7,16H. The van der Waals surface area contributed by atoms with Crippen molar-refractivity contribution in [3.63, 3.8) is 0 Å². The molecule has 0 aliphatic heterocycles. The van der Waals surface area contributed by atoms with Crippen molar-refractivity contribution >= 4 is 11.2 Å². The second kappa shape index (κ2) is 3.30. The smallest absolute Gasteiger partial charge is 0.183 e. The summed E-state index contributed by atoms with van der Waals surface area (Å²) in [4.78, 5) is 4.19. The summed E-state index contributed by atoms with van der Waals surface area (Å²) in [6, 6.07) is 10.6. The van der Waals surface area contributed by atoms with Crippen molar-refractivity contribution < 1.29 is 5.11 Å². The Morgan fingerprint density at radius 2 is 1.94 bits per heavy atom. The summed E-state index contributed by atoms with van der Waals surface area (Å²) in [6.45, 7) is 0. The molecule has 0 fully saturated rings. The zero-order valence-corrected chi connectivity index (χ0v) is 8.28. The number of phenols is 1. The van der Waals surface area contributed by atoms with Gasteiger partial charge >= 0.3 is 0 Å². The zero-order valence-electron chi connectivity index (χ0n) is 8.28. The van der Waals surface area contributed by atoms with Gasteiger partial charge in [-0.15, -0.1) is 5.10 Å². The van der Waals surface area contributed by atoms with Gasteiger partial charge in [-0.2, -0.15) is 4.68 Å². The molecule has 3 rings (SSSR count). The fourth-order valence-electron chi connectivity index (χ4n) is 1.57. The van der Waals surface area contributed by atoms with Crippen molar-refractivity contribution in [1.82, 2.24) is 20.0 Å². The summed E-state index contributed by atoms with van der Waals surface area (Å²) in [7, 11) is 0. The number of hydrogen-bond donors (Lipinski definition) is 1. The molecule has 1 N–H and O–H groups in total. The first-order valence-electron chi connectivity index (χ1n) is 4.81. The van der Waals surface area contributed by atoms with E-state index in [4.69, 9.17) is 0 Å². The van der Waals surface area contributed by atoms with Crippen LogP contribution in [0.25, 0.3) is 16.9 Å². The van der Waals surface area contributed by atoms with E-state index >= 15 is 0 Å². The van der Waals surface area contributed by atoms with Crippen molar-refractivity contribution in [2.75, 3.05) is 0 Å². The van der Waals surface area contributed by atoms with Crippen LogP contribution >= 0.6 is 0 Å². The van der Waals surface area contributed by atoms with Gasteiger partial charge in [-0.25, -0.2) is 4.98 Å².